The van der Waals surface area contributed by atoms with E-state index < -0.39 is 0 Å². The lowest BCUT2D eigenvalue weighted by molar-refractivity contribution is 0.313. The van der Waals surface area contributed by atoms with Crippen LogP contribution in [0.5, 0.6) is 0 Å². The van der Waals surface area contributed by atoms with Gasteiger partial charge in [0, 0.05) is 29.7 Å². The molecule has 0 aromatic heterocycles. The van der Waals surface area contributed by atoms with Crippen LogP contribution >= 0.6 is 22.6 Å². The number of likely N-dealkylation sites (N-methyl/N-ethyl adjacent to an activating group) is 1. The fraction of sp³-hybridized carbons (Fsp3) is 0.455. The summed E-state index contributed by atoms with van der Waals surface area (Å²) < 4.78 is 1.14. The first-order chi connectivity index (χ1) is 7.70. The summed E-state index contributed by atoms with van der Waals surface area (Å²) in [6, 6.07) is 5.74. The first kappa shape index (κ1) is 11.8. The Bertz CT molecular complexity index is 389. The molecule has 0 amide bonds. The Kier molecular flexibility index (Phi) is 3.75. The van der Waals surface area contributed by atoms with Crippen LogP contribution in [0, 0.1) is 8.48 Å². The van der Waals surface area contributed by atoms with E-state index in [1.807, 2.05) is 12.1 Å². The third-order valence-electron chi connectivity index (χ3n) is 2.88. The van der Waals surface area contributed by atoms with E-state index >= 15 is 0 Å². The number of nitroso groups, excluding NO2 is 1. The summed E-state index contributed by atoms with van der Waals surface area (Å²) in [4.78, 5) is 15.3. The molecule has 1 aromatic carbocycles. The standard InChI is InChI=1S/C11H14IN3O/c1-14-4-6-15(7-5-14)11-8-9(12)2-3-10(11)13-16/h2-3,8H,4-7H2,1H3. The number of hydrogen-bond donors (Lipinski definition) is 0. The van der Waals surface area contributed by atoms with Crippen LogP contribution < -0.4 is 4.90 Å². The second-order valence-electron chi connectivity index (χ2n) is 4.01. The number of hydrogen-bond acceptors (Lipinski definition) is 4. The van der Waals surface area contributed by atoms with E-state index in [0.29, 0.717) is 5.69 Å². The molecule has 4 nitrogen and oxygen atoms in total. The van der Waals surface area contributed by atoms with Crippen molar-refractivity contribution in [2.45, 2.75) is 0 Å². The normalized spacial score (nSPS) is 17.5. The number of rotatable bonds is 2. The van der Waals surface area contributed by atoms with Gasteiger partial charge in [0.15, 0.2) is 0 Å². The molecule has 1 aliphatic heterocycles. The summed E-state index contributed by atoms with van der Waals surface area (Å²) in [5.41, 5.74) is 1.51. The predicted molar refractivity (Wildman–Crippen MR) is 74.3 cm³/mol. The van der Waals surface area contributed by atoms with Gasteiger partial charge < -0.3 is 9.80 Å². The van der Waals surface area contributed by atoms with Crippen molar-refractivity contribution in [1.82, 2.24) is 4.90 Å². The van der Waals surface area contributed by atoms with E-state index in [0.717, 1.165) is 35.4 Å². The van der Waals surface area contributed by atoms with Crippen LogP contribution in [0.15, 0.2) is 23.4 Å². The summed E-state index contributed by atoms with van der Waals surface area (Å²) in [5.74, 6) is 0. The predicted octanol–water partition coefficient (Wildman–Crippen LogP) is 2.44. The Morgan fingerprint density at radius 3 is 2.56 bits per heavy atom. The SMILES string of the molecule is CN1CCN(c2cc(I)ccc2N=O)CC1. The minimum absolute atomic E-state index is 0.546. The maximum absolute atomic E-state index is 10.8. The molecule has 0 spiro atoms. The van der Waals surface area contributed by atoms with Gasteiger partial charge in [0.25, 0.3) is 0 Å². The fourth-order valence-electron chi connectivity index (χ4n) is 1.87. The van der Waals surface area contributed by atoms with Crippen molar-refractivity contribution in [3.05, 3.63) is 26.7 Å². The van der Waals surface area contributed by atoms with E-state index in [1.54, 1.807) is 6.07 Å². The second kappa shape index (κ2) is 5.09. The first-order valence-corrected chi connectivity index (χ1v) is 6.35. The quantitative estimate of drug-likeness (QED) is 0.617. The Morgan fingerprint density at radius 2 is 1.94 bits per heavy atom. The van der Waals surface area contributed by atoms with Gasteiger partial charge in [-0.3, -0.25) is 0 Å². The molecule has 0 bridgehead atoms. The maximum Gasteiger partial charge on any atom is 0.131 e. The highest BCUT2D eigenvalue weighted by Crippen LogP contribution is 2.30. The van der Waals surface area contributed by atoms with Crippen LogP contribution in [0.3, 0.4) is 0 Å². The molecule has 0 saturated carbocycles. The van der Waals surface area contributed by atoms with Crippen molar-refractivity contribution < 1.29 is 0 Å². The Hall–Kier alpha value is -0.690. The molecule has 0 N–H and O–H groups in total. The molecule has 1 fully saturated rings. The summed E-state index contributed by atoms with van der Waals surface area (Å²) in [7, 11) is 2.12. The zero-order chi connectivity index (χ0) is 11.5. The van der Waals surface area contributed by atoms with Crippen molar-refractivity contribution in [2.75, 3.05) is 38.1 Å². The first-order valence-electron chi connectivity index (χ1n) is 5.27. The average Bonchev–Trinajstić information content (AvgIpc) is 2.30. The van der Waals surface area contributed by atoms with Crippen LogP contribution in [-0.2, 0) is 0 Å². The maximum atomic E-state index is 10.8. The molecule has 5 heteroatoms. The van der Waals surface area contributed by atoms with Gasteiger partial charge in [0.1, 0.15) is 5.69 Å². The van der Waals surface area contributed by atoms with E-state index in [4.69, 9.17) is 0 Å². The van der Waals surface area contributed by atoms with Gasteiger partial charge in [-0.1, -0.05) is 0 Å². The highest BCUT2D eigenvalue weighted by Gasteiger charge is 2.17. The van der Waals surface area contributed by atoms with Crippen LogP contribution in [0.4, 0.5) is 11.4 Å². The molecule has 16 heavy (non-hydrogen) atoms. The highest BCUT2D eigenvalue weighted by atomic mass is 127. The van der Waals surface area contributed by atoms with Crippen molar-refractivity contribution in [2.24, 2.45) is 5.18 Å². The van der Waals surface area contributed by atoms with E-state index in [9.17, 15) is 4.91 Å². The van der Waals surface area contributed by atoms with Crippen LogP contribution in [-0.4, -0.2) is 38.1 Å². The van der Waals surface area contributed by atoms with Crippen molar-refractivity contribution in [1.29, 1.82) is 0 Å². The molecule has 0 radical (unpaired) electrons. The molecule has 1 heterocycles. The molecular formula is C11H14IN3O. The Morgan fingerprint density at radius 1 is 1.25 bits per heavy atom. The lowest BCUT2D eigenvalue weighted by atomic mass is 10.2. The third kappa shape index (κ3) is 2.52. The monoisotopic (exact) mass is 331 g/mol. The molecule has 1 aliphatic rings. The second-order valence-corrected chi connectivity index (χ2v) is 5.26. The van der Waals surface area contributed by atoms with Gasteiger partial charge >= 0.3 is 0 Å². The summed E-state index contributed by atoms with van der Waals surface area (Å²) >= 11 is 2.26. The third-order valence-corrected chi connectivity index (χ3v) is 3.55. The van der Waals surface area contributed by atoms with Crippen LogP contribution in [0.25, 0.3) is 0 Å². The number of anilines is 1. The summed E-state index contributed by atoms with van der Waals surface area (Å²) in [5, 5.41) is 3.10. The van der Waals surface area contributed by atoms with Crippen LogP contribution in [0.2, 0.25) is 0 Å². The number of piperazine rings is 1. The average molecular weight is 331 g/mol. The number of benzene rings is 1. The van der Waals surface area contributed by atoms with Gasteiger partial charge in [0.2, 0.25) is 0 Å². The molecule has 2 rings (SSSR count). The fourth-order valence-corrected chi connectivity index (χ4v) is 2.35. The van der Waals surface area contributed by atoms with Gasteiger partial charge in [-0.05, 0) is 53.0 Å². The molecule has 1 saturated heterocycles. The van der Waals surface area contributed by atoms with Gasteiger partial charge in [-0.15, -0.1) is 4.91 Å². The Balaban J connectivity index is 2.25. The van der Waals surface area contributed by atoms with Gasteiger partial charge in [-0.2, -0.15) is 0 Å². The van der Waals surface area contributed by atoms with Crippen molar-refractivity contribution in [3.8, 4) is 0 Å². The summed E-state index contributed by atoms with van der Waals surface area (Å²) in [6.45, 7) is 3.98. The van der Waals surface area contributed by atoms with Crippen LogP contribution in [0.1, 0.15) is 0 Å². The smallest absolute Gasteiger partial charge is 0.131 e. The lowest BCUT2D eigenvalue weighted by Crippen LogP contribution is -2.44. The number of halogens is 1. The van der Waals surface area contributed by atoms with Gasteiger partial charge in [-0.25, -0.2) is 0 Å². The van der Waals surface area contributed by atoms with E-state index in [-0.39, 0.29) is 0 Å². The van der Waals surface area contributed by atoms with Gasteiger partial charge in [0.05, 0.1) is 5.69 Å². The molecule has 0 atom stereocenters. The molecule has 86 valence electrons. The zero-order valence-electron chi connectivity index (χ0n) is 9.19. The summed E-state index contributed by atoms with van der Waals surface area (Å²) in [6.07, 6.45) is 0. The van der Waals surface area contributed by atoms with E-state index in [2.05, 4.69) is 44.6 Å². The minimum Gasteiger partial charge on any atom is -0.367 e. The van der Waals surface area contributed by atoms with Crippen molar-refractivity contribution in [3.63, 3.8) is 0 Å². The zero-order valence-corrected chi connectivity index (χ0v) is 11.3. The molecule has 0 aliphatic carbocycles. The van der Waals surface area contributed by atoms with E-state index in [1.165, 1.54) is 0 Å². The lowest BCUT2D eigenvalue weighted by Gasteiger charge is -2.34. The molecular weight excluding hydrogens is 317 g/mol. The highest BCUT2D eigenvalue weighted by molar-refractivity contribution is 14.1. The molecule has 1 aromatic rings. The largest absolute Gasteiger partial charge is 0.367 e. The minimum atomic E-state index is 0.546. The number of nitrogens with zero attached hydrogens (tertiary/aromatic N) is 3. The van der Waals surface area contributed by atoms with Crippen molar-refractivity contribution >= 4 is 34.0 Å². The Labute approximate surface area is 109 Å². The topological polar surface area (TPSA) is 35.9 Å². The molecule has 0 unspecified atom stereocenters.